The van der Waals surface area contributed by atoms with Crippen molar-refractivity contribution in [2.45, 2.75) is 43.9 Å². The second-order valence-electron chi connectivity index (χ2n) is 5.27. The van der Waals surface area contributed by atoms with Crippen LogP contribution in [0.5, 0.6) is 0 Å². The summed E-state index contributed by atoms with van der Waals surface area (Å²) >= 11 is 0. The van der Waals surface area contributed by atoms with Gasteiger partial charge in [0, 0.05) is 11.8 Å². The maximum atomic E-state index is 11.5. The third-order valence-corrected chi connectivity index (χ3v) is 4.21. The molecule has 1 atom stereocenters. The second kappa shape index (κ2) is 6.52. The zero-order valence-electron chi connectivity index (χ0n) is 11.5. The van der Waals surface area contributed by atoms with Gasteiger partial charge in [-0.1, -0.05) is 41.9 Å². The molecular weight excluding hydrogens is 254 g/mol. The average Bonchev–Trinajstić information content (AvgIpc) is 2.53. The minimum Gasteiger partial charge on any atom is -0.411 e. The number of benzene rings is 1. The molecule has 0 unspecified atom stereocenters. The molecule has 5 nitrogen and oxygen atoms in total. The Bertz CT molecular complexity index is 487. The average molecular weight is 275 g/mol. The van der Waals surface area contributed by atoms with Crippen molar-refractivity contribution >= 4 is 11.6 Å². The summed E-state index contributed by atoms with van der Waals surface area (Å²) in [4.78, 5) is 11.5. The van der Waals surface area contributed by atoms with Crippen LogP contribution in [-0.2, 0) is 10.2 Å². The predicted molar refractivity (Wildman–Crippen MR) is 77.4 cm³/mol. The summed E-state index contributed by atoms with van der Waals surface area (Å²) < 4.78 is 0. The van der Waals surface area contributed by atoms with E-state index in [2.05, 4.69) is 10.6 Å². The topological polar surface area (TPSA) is 87.7 Å². The lowest BCUT2D eigenvalue weighted by Crippen LogP contribution is -2.40. The van der Waals surface area contributed by atoms with Crippen LogP contribution in [0.25, 0.3) is 0 Å². The highest BCUT2D eigenvalue weighted by atomic mass is 16.4. The highest BCUT2D eigenvalue weighted by molar-refractivity contribution is 5.95. The maximum Gasteiger partial charge on any atom is 0.233 e. The van der Waals surface area contributed by atoms with Gasteiger partial charge in [-0.2, -0.15) is 0 Å². The molecular formula is C15H21N3O2. The summed E-state index contributed by atoms with van der Waals surface area (Å²) in [6, 6.07) is 9.99. The van der Waals surface area contributed by atoms with Gasteiger partial charge in [0.1, 0.15) is 0 Å². The number of nitrogens with two attached hydrogens (primary N) is 1. The van der Waals surface area contributed by atoms with E-state index in [0.717, 1.165) is 37.0 Å². The maximum absolute atomic E-state index is 11.5. The van der Waals surface area contributed by atoms with Gasteiger partial charge in [-0.25, -0.2) is 5.84 Å². The number of rotatable bonds is 4. The van der Waals surface area contributed by atoms with Crippen LogP contribution in [0.3, 0.4) is 0 Å². The molecule has 0 aliphatic heterocycles. The molecule has 1 aromatic carbocycles. The van der Waals surface area contributed by atoms with Gasteiger partial charge in [-0.15, -0.1) is 0 Å². The van der Waals surface area contributed by atoms with E-state index in [1.807, 2.05) is 30.3 Å². The van der Waals surface area contributed by atoms with E-state index in [9.17, 15) is 10.0 Å². The third-order valence-electron chi connectivity index (χ3n) is 4.21. The quantitative estimate of drug-likeness (QED) is 0.340. The summed E-state index contributed by atoms with van der Waals surface area (Å²) in [5, 5.41) is 12.9. The molecule has 4 N–H and O–H groups in total. The molecule has 20 heavy (non-hydrogen) atoms. The Balaban J connectivity index is 2.34. The van der Waals surface area contributed by atoms with Crippen molar-refractivity contribution in [3.8, 4) is 0 Å². The highest BCUT2D eigenvalue weighted by Crippen LogP contribution is 2.41. The van der Waals surface area contributed by atoms with Gasteiger partial charge in [0.15, 0.2) is 0 Å². The number of hydrazine groups is 1. The number of oxime groups is 1. The molecule has 1 fully saturated rings. The van der Waals surface area contributed by atoms with Gasteiger partial charge in [-0.05, 0) is 31.2 Å². The molecule has 0 saturated heterocycles. The molecule has 0 radical (unpaired) electrons. The van der Waals surface area contributed by atoms with Crippen LogP contribution in [0.1, 0.15) is 44.1 Å². The summed E-state index contributed by atoms with van der Waals surface area (Å²) in [6.07, 6.45) is 4.70. The van der Waals surface area contributed by atoms with Crippen molar-refractivity contribution < 1.29 is 10.0 Å². The minimum atomic E-state index is -0.346. The van der Waals surface area contributed by atoms with Gasteiger partial charge in [0.25, 0.3) is 0 Å². The molecule has 0 bridgehead atoms. The van der Waals surface area contributed by atoms with E-state index in [-0.39, 0.29) is 11.3 Å². The van der Waals surface area contributed by atoms with Crippen LogP contribution >= 0.6 is 0 Å². The van der Waals surface area contributed by atoms with Crippen molar-refractivity contribution in [1.82, 2.24) is 5.43 Å². The van der Waals surface area contributed by atoms with Gasteiger partial charge < -0.3 is 5.21 Å². The van der Waals surface area contributed by atoms with Gasteiger partial charge in [0.2, 0.25) is 5.91 Å². The first-order chi connectivity index (χ1) is 9.73. The van der Waals surface area contributed by atoms with Crippen molar-refractivity contribution in [3.05, 3.63) is 35.9 Å². The first kappa shape index (κ1) is 14.5. The number of hydrogen-bond donors (Lipinski definition) is 3. The number of hydrogen-bond acceptors (Lipinski definition) is 4. The van der Waals surface area contributed by atoms with Crippen molar-refractivity contribution in [2.24, 2.45) is 11.0 Å². The summed E-state index contributed by atoms with van der Waals surface area (Å²) in [5.41, 5.74) is 3.70. The first-order valence-electron chi connectivity index (χ1n) is 6.99. The van der Waals surface area contributed by atoms with E-state index < -0.39 is 0 Å². The van der Waals surface area contributed by atoms with E-state index in [0.29, 0.717) is 12.8 Å². The van der Waals surface area contributed by atoms with Gasteiger partial charge in [-0.3, -0.25) is 10.2 Å². The Hall–Kier alpha value is -1.88. The molecule has 5 heteroatoms. The number of carbonyl (C=O) groups excluding carboxylic acids is 1. The Labute approximate surface area is 118 Å². The molecule has 2 rings (SSSR count). The Kier molecular flexibility index (Phi) is 4.74. The summed E-state index contributed by atoms with van der Waals surface area (Å²) in [7, 11) is 0. The van der Waals surface area contributed by atoms with Crippen LogP contribution in [0, 0.1) is 0 Å². The second-order valence-corrected chi connectivity index (χ2v) is 5.27. The van der Waals surface area contributed by atoms with Crippen LogP contribution in [0.2, 0.25) is 0 Å². The SMILES string of the molecule is NNC(=O)CC[C@@]1(c2ccccc2)CCCC/C1=N\O. The lowest BCUT2D eigenvalue weighted by molar-refractivity contribution is -0.121. The largest absolute Gasteiger partial charge is 0.411 e. The number of nitrogens with zero attached hydrogens (tertiary/aromatic N) is 1. The molecule has 1 saturated carbocycles. The fraction of sp³-hybridized carbons (Fsp3) is 0.467. The fourth-order valence-electron chi connectivity index (χ4n) is 3.13. The standard InChI is InChI=1S/C15H21N3O2/c16-17-14(19)9-11-15(12-6-2-1-3-7-12)10-5-4-8-13(15)18-20/h1-3,6-7,20H,4-5,8-11,16H2,(H,17,19)/b18-13+/t15-/m1/s1. The predicted octanol–water partition coefficient (Wildman–Crippen LogP) is 2.10. The lowest BCUT2D eigenvalue weighted by atomic mass is 9.65. The number of nitrogens with one attached hydrogen (secondary N) is 1. The lowest BCUT2D eigenvalue weighted by Gasteiger charge is -2.38. The molecule has 0 aromatic heterocycles. The number of amides is 1. The molecule has 1 aliphatic carbocycles. The zero-order chi connectivity index (χ0) is 14.4. The van der Waals surface area contributed by atoms with E-state index in [1.54, 1.807) is 0 Å². The van der Waals surface area contributed by atoms with Gasteiger partial charge in [0.05, 0.1) is 5.71 Å². The molecule has 0 heterocycles. The summed E-state index contributed by atoms with van der Waals surface area (Å²) in [6.45, 7) is 0. The van der Waals surface area contributed by atoms with Crippen molar-refractivity contribution in [2.75, 3.05) is 0 Å². The van der Waals surface area contributed by atoms with E-state index in [4.69, 9.17) is 5.84 Å². The molecule has 1 aromatic rings. The smallest absolute Gasteiger partial charge is 0.233 e. The zero-order valence-corrected chi connectivity index (χ0v) is 11.5. The third kappa shape index (κ3) is 2.82. The van der Waals surface area contributed by atoms with Crippen LogP contribution in [0.4, 0.5) is 0 Å². The van der Waals surface area contributed by atoms with Gasteiger partial charge >= 0.3 is 0 Å². The molecule has 1 aliphatic rings. The molecule has 108 valence electrons. The Morgan fingerprint density at radius 3 is 2.75 bits per heavy atom. The van der Waals surface area contributed by atoms with E-state index >= 15 is 0 Å². The van der Waals surface area contributed by atoms with E-state index in [1.165, 1.54) is 0 Å². The Morgan fingerprint density at radius 2 is 2.10 bits per heavy atom. The Morgan fingerprint density at radius 1 is 1.35 bits per heavy atom. The van der Waals surface area contributed by atoms with Crippen LogP contribution in [-0.4, -0.2) is 16.8 Å². The highest BCUT2D eigenvalue weighted by Gasteiger charge is 2.40. The van der Waals surface area contributed by atoms with Crippen molar-refractivity contribution in [1.29, 1.82) is 0 Å². The van der Waals surface area contributed by atoms with Crippen LogP contribution in [0.15, 0.2) is 35.5 Å². The first-order valence-corrected chi connectivity index (χ1v) is 6.99. The summed E-state index contributed by atoms with van der Waals surface area (Å²) in [5.74, 6) is 4.97. The minimum absolute atomic E-state index is 0.192. The number of carbonyl (C=O) groups is 1. The molecule has 0 spiro atoms. The normalized spacial score (nSPS) is 24.6. The van der Waals surface area contributed by atoms with Crippen molar-refractivity contribution in [3.63, 3.8) is 0 Å². The monoisotopic (exact) mass is 275 g/mol. The fourth-order valence-corrected chi connectivity index (χ4v) is 3.13. The molecule has 1 amide bonds. The van der Waals surface area contributed by atoms with Crippen LogP contribution < -0.4 is 11.3 Å².